The number of hydrogen-bond donors (Lipinski definition) is 0. The number of benzene rings is 2. The van der Waals surface area contributed by atoms with Crippen LogP contribution in [0.5, 0.6) is 0 Å². The van der Waals surface area contributed by atoms with E-state index in [2.05, 4.69) is 40.8 Å². The van der Waals surface area contributed by atoms with E-state index in [9.17, 15) is 0 Å². The van der Waals surface area contributed by atoms with Gasteiger partial charge in [0, 0.05) is 5.56 Å². The average Bonchev–Trinajstić information content (AvgIpc) is 3.09. The van der Waals surface area contributed by atoms with Gasteiger partial charge in [-0.25, -0.2) is 4.42 Å². The summed E-state index contributed by atoms with van der Waals surface area (Å²) in [6.07, 6.45) is 0. The van der Waals surface area contributed by atoms with Crippen molar-refractivity contribution < 1.29 is 8.83 Å². The Hall–Kier alpha value is -2.40. The summed E-state index contributed by atoms with van der Waals surface area (Å²) in [5.74, 6) is 2.27. The third kappa shape index (κ3) is 3.12. The summed E-state index contributed by atoms with van der Waals surface area (Å²) in [4.78, 5) is 0. The quantitative estimate of drug-likeness (QED) is 0.268. The second-order valence-electron chi connectivity index (χ2n) is 5.41. The van der Waals surface area contributed by atoms with Crippen LogP contribution in [-0.4, -0.2) is 0 Å². The maximum absolute atomic E-state index is 6.13. The average molecular weight is 425 g/mol. The molecule has 2 nitrogen and oxygen atoms in total. The molecule has 2 aromatic carbocycles. The lowest BCUT2D eigenvalue weighted by Crippen LogP contribution is -1.85. The molecule has 0 aliphatic rings. The zero-order valence-corrected chi connectivity index (χ0v) is 14.9. The van der Waals surface area contributed by atoms with E-state index in [0.29, 0.717) is 0 Å². The van der Waals surface area contributed by atoms with Crippen molar-refractivity contribution in [2.24, 2.45) is 0 Å². The Bertz CT molecular complexity index is 902. The van der Waals surface area contributed by atoms with Crippen molar-refractivity contribution in [3.63, 3.8) is 0 Å². The van der Waals surface area contributed by atoms with E-state index in [0.717, 1.165) is 37.7 Å². The van der Waals surface area contributed by atoms with Gasteiger partial charge in [-0.1, -0.05) is 48.5 Å². The minimum absolute atomic E-state index is 0.720. The van der Waals surface area contributed by atoms with Crippen LogP contribution < -0.4 is 0 Å². The van der Waals surface area contributed by atoms with Crippen LogP contribution in [0.2, 0.25) is 0 Å². The maximum Gasteiger partial charge on any atom is 0.396 e. The predicted octanol–water partition coefficient (Wildman–Crippen LogP) is 6.76. The molecule has 0 spiro atoms. The van der Waals surface area contributed by atoms with Crippen LogP contribution in [0, 0.1) is 3.77 Å². The third-order valence-electron chi connectivity index (χ3n) is 3.77. The van der Waals surface area contributed by atoms with Crippen LogP contribution in [-0.2, 0) is 0 Å². The Balaban J connectivity index is 1.91. The molecule has 0 fully saturated rings. The third-order valence-corrected chi connectivity index (χ3v) is 4.35. The standard InChI is InChI=1S/C21H14IO2/c22-21-12-11-18(24-21)20-14-17(15-7-3-1-4-8-15)13-19(23-20)16-9-5-2-6-10-16/h1-14H/q+1. The van der Waals surface area contributed by atoms with Crippen molar-refractivity contribution >= 4 is 22.6 Å². The summed E-state index contributed by atoms with van der Waals surface area (Å²) in [6, 6.07) is 28.4. The van der Waals surface area contributed by atoms with E-state index in [-0.39, 0.29) is 0 Å². The van der Waals surface area contributed by atoms with Gasteiger partial charge in [0.15, 0.2) is 3.77 Å². The van der Waals surface area contributed by atoms with Crippen LogP contribution in [0.3, 0.4) is 0 Å². The monoisotopic (exact) mass is 425 g/mol. The number of hydrogen-bond acceptors (Lipinski definition) is 1. The summed E-state index contributed by atoms with van der Waals surface area (Å²) in [5, 5.41) is 0. The number of rotatable bonds is 3. The fourth-order valence-electron chi connectivity index (χ4n) is 2.61. The molecule has 0 bridgehead atoms. The fraction of sp³-hybridized carbons (Fsp3) is 0. The van der Waals surface area contributed by atoms with Crippen molar-refractivity contribution in [1.82, 2.24) is 0 Å². The molecule has 4 rings (SSSR count). The Morgan fingerprint density at radius 2 is 1.25 bits per heavy atom. The van der Waals surface area contributed by atoms with Crippen LogP contribution in [0.4, 0.5) is 0 Å². The van der Waals surface area contributed by atoms with E-state index in [1.165, 1.54) is 0 Å². The van der Waals surface area contributed by atoms with Gasteiger partial charge in [-0.3, -0.25) is 0 Å². The summed E-state index contributed by atoms with van der Waals surface area (Å²) in [7, 11) is 0. The highest BCUT2D eigenvalue weighted by molar-refractivity contribution is 14.1. The molecule has 0 aliphatic heterocycles. The highest BCUT2D eigenvalue weighted by Gasteiger charge is 2.22. The molecule has 24 heavy (non-hydrogen) atoms. The van der Waals surface area contributed by atoms with Gasteiger partial charge >= 0.3 is 11.5 Å². The zero-order valence-electron chi connectivity index (χ0n) is 12.8. The Labute approximate surface area is 153 Å². The molecule has 0 radical (unpaired) electrons. The van der Waals surface area contributed by atoms with E-state index >= 15 is 0 Å². The lowest BCUT2D eigenvalue weighted by atomic mass is 10.0. The van der Waals surface area contributed by atoms with Gasteiger partial charge in [0.05, 0.1) is 17.7 Å². The van der Waals surface area contributed by atoms with Crippen LogP contribution in [0.25, 0.3) is 34.0 Å². The first-order chi connectivity index (χ1) is 11.8. The summed E-state index contributed by atoms with van der Waals surface area (Å²) in [6.45, 7) is 0. The molecule has 116 valence electrons. The Morgan fingerprint density at radius 1 is 0.625 bits per heavy atom. The first-order valence-electron chi connectivity index (χ1n) is 7.64. The van der Waals surface area contributed by atoms with Crippen molar-refractivity contribution in [3.05, 3.63) is 88.7 Å². The summed E-state index contributed by atoms with van der Waals surface area (Å²) in [5.41, 5.74) is 3.29. The normalized spacial score (nSPS) is 10.7. The molecule has 0 atom stereocenters. The van der Waals surface area contributed by atoms with Gasteiger partial charge in [-0.15, -0.1) is 0 Å². The molecule has 0 unspecified atom stereocenters. The molecule has 0 saturated heterocycles. The van der Waals surface area contributed by atoms with Crippen molar-refractivity contribution in [3.8, 4) is 34.0 Å². The van der Waals surface area contributed by atoms with E-state index < -0.39 is 0 Å². The van der Waals surface area contributed by atoms with Gasteiger partial charge in [-0.2, -0.15) is 0 Å². The minimum atomic E-state index is 0.720. The number of furan rings is 1. The molecule has 0 aliphatic carbocycles. The molecular formula is C21H14IO2+. The second kappa shape index (κ2) is 6.61. The van der Waals surface area contributed by atoms with Crippen molar-refractivity contribution in [1.29, 1.82) is 0 Å². The van der Waals surface area contributed by atoms with E-state index in [1.807, 2.05) is 66.7 Å². The van der Waals surface area contributed by atoms with Crippen LogP contribution >= 0.6 is 22.6 Å². The molecule has 0 saturated carbocycles. The molecule has 4 aromatic rings. The van der Waals surface area contributed by atoms with Gasteiger partial charge in [0.25, 0.3) is 0 Å². The molecule has 2 heterocycles. The minimum Gasteiger partial charge on any atom is -0.441 e. The SMILES string of the molecule is Ic1ccc(-c2cc(-c3ccccc3)cc(-c3ccccc3)[o+]2)o1. The van der Waals surface area contributed by atoms with Crippen molar-refractivity contribution in [2.45, 2.75) is 0 Å². The molecule has 3 heteroatoms. The largest absolute Gasteiger partial charge is 0.441 e. The fourth-order valence-corrected chi connectivity index (χ4v) is 3.03. The zero-order chi connectivity index (χ0) is 16.4. The second-order valence-corrected chi connectivity index (χ2v) is 6.47. The van der Waals surface area contributed by atoms with Gasteiger partial charge in [-0.05, 0) is 52.4 Å². The first-order valence-corrected chi connectivity index (χ1v) is 8.72. The molecule has 0 amide bonds. The van der Waals surface area contributed by atoms with Gasteiger partial charge < -0.3 is 4.42 Å². The molecule has 0 N–H and O–H groups in total. The summed E-state index contributed by atoms with van der Waals surface area (Å²) >= 11 is 2.16. The molecule has 2 aromatic heterocycles. The van der Waals surface area contributed by atoms with E-state index in [1.54, 1.807) is 0 Å². The van der Waals surface area contributed by atoms with Gasteiger partial charge in [0.1, 0.15) is 0 Å². The Kier molecular flexibility index (Phi) is 4.17. The van der Waals surface area contributed by atoms with E-state index in [4.69, 9.17) is 8.83 Å². The summed E-state index contributed by atoms with van der Waals surface area (Å²) < 4.78 is 12.7. The lowest BCUT2D eigenvalue weighted by Gasteiger charge is -2.01. The first kappa shape index (κ1) is 15.1. The van der Waals surface area contributed by atoms with Gasteiger partial charge in [0.2, 0.25) is 5.76 Å². The predicted molar refractivity (Wildman–Crippen MR) is 104 cm³/mol. The van der Waals surface area contributed by atoms with Crippen LogP contribution in [0.1, 0.15) is 0 Å². The molecular weight excluding hydrogens is 411 g/mol. The lowest BCUT2D eigenvalue weighted by molar-refractivity contribution is 0.508. The topological polar surface area (TPSA) is 24.4 Å². The highest BCUT2D eigenvalue weighted by atomic mass is 127. The number of halogens is 1. The Morgan fingerprint density at radius 3 is 1.88 bits per heavy atom. The highest BCUT2D eigenvalue weighted by Crippen LogP contribution is 2.33. The van der Waals surface area contributed by atoms with Crippen LogP contribution in [0.15, 0.2) is 93.8 Å². The van der Waals surface area contributed by atoms with Crippen molar-refractivity contribution in [2.75, 3.05) is 0 Å². The maximum atomic E-state index is 6.13. The smallest absolute Gasteiger partial charge is 0.396 e.